The zero-order valence-electron chi connectivity index (χ0n) is 20.2. The average Bonchev–Trinajstić information content (AvgIpc) is 3.56. The van der Waals surface area contributed by atoms with Gasteiger partial charge in [0.05, 0.1) is 31.6 Å². The number of aliphatic hydroxyl groups is 1. The summed E-state index contributed by atoms with van der Waals surface area (Å²) >= 11 is 0. The Bertz CT molecular complexity index is 1460. The number of carbonyl (C=O) groups is 2. The van der Waals surface area contributed by atoms with Gasteiger partial charge in [-0.1, -0.05) is 18.2 Å². The van der Waals surface area contributed by atoms with E-state index < -0.39 is 17.7 Å². The van der Waals surface area contributed by atoms with Crippen molar-refractivity contribution < 1.29 is 28.6 Å². The number of methoxy groups -OCH3 is 2. The second-order valence-corrected chi connectivity index (χ2v) is 8.29. The van der Waals surface area contributed by atoms with E-state index in [1.807, 2.05) is 42.5 Å². The molecule has 2 heterocycles. The van der Waals surface area contributed by atoms with E-state index in [1.54, 1.807) is 42.5 Å². The minimum atomic E-state index is -0.987. The number of para-hydroxylation sites is 1. The first-order valence-electron chi connectivity index (χ1n) is 11.5. The molecule has 4 aromatic rings. The highest BCUT2D eigenvalue weighted by molar-refractivity contribution is 6.51. The molecule has 2 N–H and O–H groups in total. The Balaban J connectivity index is 1.59. The van der Waals surface area contributed by atoms with Gasteiger partial charge in [0.15, 0.2) is 0 Å². The zero-order valence-corrected chi connectivity index (χ0v) is 20.2. The van der Waals surface area contributed by atoms with Gasteiger partial charge in [-0.05, 0) is 66.7 Å². The van der Waals surface area contributed by atoms with Crippen molar-refractivity contribution in [2.45, 2.75) is 6.04 Å². The Hall–Kier alpha value is -4.98. The van der Waals surface area contributed by atoms with Crippen molar-refractivity contribution in [2.24, 2.45) is 0 Å². The standard InChI is InChI=1S/C29H24N2O6/c1-35-21-14-15-23(36-2)22(17-21)27(32)25-26(24-9-6-16-37-24)31(29(34)28(25)33)20-12-10-19(11-13-20)30-18-7-4-3-5-8-18/h3-17,26,30,32H,1-2H3/b27-25-. The lowest BCUT2D eigenvalue weighted by Gasteiger charge is -2.24. The largest absolute Gasteiger partial charge is 0.507 e. The Labute approximate surface area is 213 Å². The molecule has 1 fully saturated rings. The Morgan fingerprint density at radius 1 is 0.892 bits per heavy atom. The summed E-state index contributed by atoms with van der Waals surface area (Å²) in [6.07, 6.45) is 1.45. The summed E-state index contributed by atoms with van der Waals surface area (Å²) in [5, 5.41) is 14.7. The molecular formula is C29H24N2O6. The number of aliphatic hydroxyl groups excluding tert-OH is 1. The van der Waals surface area contributed by atoms with Crippen LogP contribution in [-0.2, 0) is 9.59 Å². The van der Waals surface area contributed by atoms with Gasteiger partial charge >= 0.3 is 0 Å². The van der Waals surface area contributed by atoms with Crippen LogP contribution in [0.1, 0.15) is 17.4 Å². The van der Waals surface area contributed by atoms with Crippen molar-refractivity contribution in [1.29, 1.82) is 0 Å². The molecule has 1 aromatic heterocycles. The van der Waals surface area contributed by atoms with Crippen LogP contribution in [0.2, 0.25) is 0 Å². The number of Topliss-reactive ketones (excluding diaryl/α,β-unsaturated/α-hetero) is 1. The maximum Gasteiger partial charge on any atom is 0.300 e. The SMILES string of the molecule is COc1ccc(OC)c(/C(O)=C2/C(=O)C(=O)N(c3ccc(Nc4ccccc4)cc3)C2c2ccco2)c1. The van der Waals surface area contributed by atoms with Crippen LogP contribution in [0.15, 0.2) is 101 Å². The van der Waals surface area contributed by atoms with Gasteiger partial charge in [0, 0.05) is 17.1 Å². The van der Waals surface area contributed by atoms with Gasteiger partial charge in [-0.3, -0.25) is 14.5 Å². The lowest BCUT2D eigenvalue weighted by Crippen LogP contribution is -2.29. The third-order valence-corrected chi connectivity index (χ3v) is 6.13. The molecule has 1 saturated heterocycles. The third kappa shape index (κ3) is 4.40. The first-order valence-corrected chi connectivity index (χ1v) is 11.5. The van der Waals surface area contributed by atoms with Crippen molar-refractivity contribution in [3.8, 4) is 11.5 Å². The Kier molecular flexibility index (Phi) is 6.38. The van der Waals surface area contributed by atoms with E-state index in [2.05, 4.69) is 5.32 Å². The lowest BCUT2D eigenvalue weighted by molar-refractivity contribution is -0.132. The Morgan fingerprint density at radius 2 is 1.62 bits per heavy atom. The zero-order chi connectivity index (χ0) is 25.9. The normalized spacial score (nSPS) is 16.6. The number of carbonyl (C=O) groups excluding carboxylic acids is 2. The fourth-order valence-electron chi connectivity index (χ4n) is 4.35. The number of hydrogen-bond acceptors (Lipinski definition) is 7. The molecule has 0 bridgehead atoms. The fraction of sp³-hybridized carbons (Fsp3) is 0.103. The van der Waals surface area contributed by atoms with E-state index in [0.717, 1.165) is 11.4 Å². The van der Waals surface area contributed by atoms with Crippen molar-refractivity contribution in [3.05, 3.63) is 108 Å². The molecule has 3 aromatic carbocycles. The van der Waals surface area contributed by atoms with Crippen LogP contribution < -0.4 is 19.7 Å². The van der Waals surface area contributed by atoms with E-state index >= 15 is 0 Å². The van der Waals surface area contributed by atoms with E-state index in [1.165, 1.54) is 25.4 Å². The molecule has 186 valence electrons. The van der Waals surface area contributed by atoms with E-state index in [-0.39, 0.29) is 16.9 Å². The minimum absolute atomic E-state index is 0.113. The topological polar surface area (TPSA) is 101 Å². The molecule has 8 heteroatoms. The molecule has 37 heavy (non-hydrogen) atoms. The lowest BCUT2D eigenvalue weighted by atomic mass is 9.98. The van der Waals surface area contributed by atoms with Crippen LogP contribution in [-0.4, -0.2) is 31.0 Å². The highest BCUT2D eigenvalue weighted by Gasteiger charge is 2.48. The van der Waals surface area contributed by atoms with Crippen LogP contribution >= 0.6 is 0 Å². The number of anilines is 3. The number of nitrogens with zero attached hydrogens (tertiary/aromatic N) is 1. The van der Waals surface area contributed by atoms with E-state index in [9.17, 15) is 14.7 Å². The van der Waals surface area contributed by atoms with Gasteiger partial charge in [-0.15, -0.1) is 0 Å². The molecule has 1 amide bonds. The number of nitrogens with one attached hydrogen (secondary N) is 1. The first-order chi connectivity index (χ1) is 18.0. The van der Waals surface area contributed by atoms with Gasteiger partial charge in [0.2, 0.25) is 0 Å². The number of amides is 1. The summed E-state index contributed by atoms with van der Waals surface area (Å²) in [6, 6.07) is 23.9. The van der Waals surface area contributed by atoms with Gasteiger partial charge in [0.25, 0.3) is 11.7 Å². The molecule has 1 unspecified atom stereocenters. The fourth-order valence-corrected chi connectivity index (χ4v) is 4.35. The van der Waals surface area contributed by atoms with Crippen LogP contribution in [0.5, 0.6) is 11.5 Å². The summed E-state index contributed by atoms with van der Waals surface area (Å²) in [4.78, 5) is 28.0. The van der Waals surface area contributed by atoms with Crippen LogP contribution in [0.4, 0.5) is 17.1 Å². The van der Waals surface area contributed by atoms with E-state index in [0.29, 0.717) is 22.9 Å². The van der Waals surface area contributed by atoms with Gasteiger partial charge in [-0.25, -0.2) is 0 Å². The molecule has 1 atom stereocenters. The number of ether oxygens (including phenoxy) is 2. The molecule has 1 aliphatic rings. The molecule has 0 aliphatic carbocycles. The molecular weight excluding hydrogens is 472 g/mol. The average molecular weight is 497 g/mol. The Morgan fingerprint density at radius 3 is 2.27 bits per heavy atom. The van der Waals surface area contributed by atoms with Crippen molar-refractivity contribution in [1.82, 2.24) is 0 Å². The predicted octanol–water partition coefficient (Wildman–Crippen LogP) is 5.67. The summed E-state index contributed by atoms with van der Waals surface area (Å²) in [6.45, 7) is 0. The minimum Gasteiger partial charge on any atom is -0.507 e. The number of hydrogen-bond donors (Lipinski definition) is 2. The summed E-state index contributed by atoms with van der Waals surface area (Å²) < 4.78 is 16.3. The molecule has 8 nitrogen and oxygen atoms in total. The van der Waals surface area contributed by atoms with Crippen molar-refractivity contribution in [2.75, 3.05) is 24.4 Å². The van der Waals surface area contributed by atoms with Gasteiger partial charge in [-0.2, -0.15) is 0 Å². The highest BCUT2D eigenvalue weighted by Crippen LogP contribution is 2.44. The smallest absolute Gasteiger partial charge is 0.300 e. The molecule has 0 radical (unpaired) electrons. The maximum atomic E-state index is 13.3. The highest BCUT2D eigenvalue weighted by atomic mass is 16.5. The molecule has 0 spiro atoms. The molecule has 0 saturated carbocycles. The quantitative estimate of drug-likeness (QED) is 0.193. The predicted molar refractivity (Wildman–Crippen MR) is 139 cm³/mol. The van der Waals surface area contributed by atoms with Gasteiger partial charge in [0.1, 0.15) is 29.1 Å². The second-order valence-electron chi connectivity index (χ2n) is 8.29. The second kappa shape index (κ2) is 9.94. The van der Waals surface area contributed by atoms with Gasteiger partial charge < -0.3 is 24.3 Å². The number of furan rings is 1. The van der Waals surface area contributed by atoms with E-state index in [4.69, 9.17) is 13.9 Å². The molecule has 5 rings (SSSR count). The van der Waals surface area contributed by atoms with Crippen molar-refractivity contribution in [3.63, 3.8) is 0 Å². The summed E-state index contributed by atoms with van der Waals surface area (Å²) in [5.74, 6) is -0.912. The first kappa shape index (κ1) is 23.7. The van der Waals surface area contributed by atoms with Crippen molar-refractivity contribution >= 4 is 34.5 Å². The van der Waals surface area contributed by atoms with Crippen LogP contribution in [0, 0.1) is 0 Å². The number of ketones is 1. The number of rotatable bonds is 7. The third-order valence-electron chi connectivity index (χ3n) is 6.13. The van der Waals surface area contributed by atoms with Crippen LogP contribution in [0.3, 0.4) is 0 Å². The molecule has 1 aliphatic heterocycles. The number of benzene rings is 3. The summed E-state index contributed by atoms with van der Waals surface area (Å²) in [7, 11) is 2.94. The monoisotopic (exact) mass is 496 g/mol. The maximum absolute atomic E-state index is 13.3. The summed E-state index contributed by atoms with van der Waals surface area (Å²) in [5.41, 5.74) is 2.30. The van der Waals surface area contributed by atoms with Crippen LogP contribution in [0.25, 0.3) is 5.76 Å².